The topological polar surface area (TPSA) is 47.3 Å². The highest BCUT2D eigenvalue weighted by molar-refractivity contribution is 5.86. The number of nitriles is 1. The van der Waals surface area contributed by atoms with Crippen molar-refractivity contribution >= 4 is 5.91 Å². The molecule has 1 heterocycles. The van der Waals surface area contributed by atoms with E-state index in [0.717, 1.165) is 32.4 Å². The first-order chi connectivity index (χ1) is 8.87. The zero-order chi connectivity index (χ0) is 14.2. The maximum Gasteiger partial charge on any atom is 0.242 e. The van der Waals surface area contributed by atoms with Gasteiger partial charge in [0.15, 0.2) is 0 Å². The SMILES string of the molecule is CC1CCC(C#N)C(N2CCN(C)C(=O)C2(C)C)C1. The monoisotopic (exact) mass is 263 g/mol. The van der Waals surface area contributed by atoms with Crippen molar-refractivity contribution in [3.63, 3.8) is 0 Å². The lowest BCUT2D eigenvalue weighted by atomic mass is 9.77. The van der Waals surface area contributed by atoms with Crippen molar-refractivity contribution in [2.24, 2.45) is 11.8 Å². The molecule has 0 aromatic carbocycles. The van der Waals surface area contributed by atoms with Gasteiger partial charge >= 0.3 is 0 Å². The van der Waals surface area contributed by atoms with Crippen LogP contribution in [0.25, 0.3) is 0 Å². The molecule has 1 saturated heterocycles. The molecule has 2 fully saturated rings. The number of carbonyl (C=O) groups is 1. The van der Waals surface area contributed by atoms with E-state index in [4.69, 9.17) is 0 Å². The van der Waals surface area contributed by atoms with Gasteiger partial charge in [0.1, 0.15) is 0 Å². The molecule has 1 amide bonds. The molecule has 2 rings (SSSR count). The fourth-order valence-corrected chi connectivity index (χ4v) is 3.65. The second-order valence-corrected chi connectivity index (χ2v) is 6.70. The molecule has 1 aliphatic carbocycles. The quantitative estimate of drug-likeness (QED) is 0.725. The van der Waals surface area contributed by atoms with Crippen LogP contribution in [-0.2, 0) is 4.79 Å². The second kappa shape index (κ2) is 5.13. The fourth-order valence-electron chi connectivity index (χ4n) is 3.65. The van der Waals surface area contributed by atoms with E-state index in [1.165, 1.54) is 0 Å². The van der Waals surface area contributed by atoms with Gasteiger partial charge in [0.2, 0.25) is 5.91 Å². The zero-order valence-electron chi connectivity index (χ0n) is 12.5. The molecule has 19 heavy (non-hydrogen) atoms. The van der Waals surface area contributed by atoms with Crippen molar-refractivity contribution in [3.05, 3.63) is 0 Å². The second-order valence-electron chi connectivity index (χ2n) is 6.70. The highest BCUT2D eigenvalue weighted by Crippen LogP contribution is 2.36. The summed E-state index contributed by atoms with van der Waals surface area (Å²) in [6, 6.07) is 2.71. The van der Waals surface area contributed by atoms with Gasteiger partial charge in [-0.3, -0.25) is 9.69 Å². The average Bonchev–Trinajstić information content (AvgIpc) is 2.36. The number of rotatable bonds is 1. The molecule has 1 aliphatic heterocycles. The van der Waals surface area contributed by atoms with E-state index >= 15 is 0 Å². The third kappa shape index (κ3) is 2.49. The predicted molar refractivity (Wildman–Crippen MR) is 74.3 cm³/mol. The number of amides is 1. The van der Waals surface area contributed by atoms with Crippen LogP contribution in [0, 0.1) is 23.2 Å². The van der Waals surface area contributed by atoms with Crippen molar-refractivity contribution in [2.45, 2.75) is 51.6 Å². The molecule has 0 spiro atoms. The Bertz CT molecular complexity index is 399. The van der Waals surface area contributed by atoms with Gasteiger partial charge in [-0.05, 0) is 39.0 Å². The van der Waals surface area contributed by atoms with Gasteiger partial charge in [0.05, 0.1) is 17.5 Å². The first-order valence-electron chi connectivity index (χ1n) is 7.30. The van der Waals surface area contributed by atoms with Gasteiger partial charge in [0.25, 0.3) is 0 Å². The molecule has 0 aromatic rings. The Morgan fingerprint density at radius 3 is 2.63 bits per heavy atom. The van der Waals surface area contributed by atoms with Crippen molar-refractivity contribution in [3.8, 4) is 6.07 Å². The van der Waals surface area contributed by atoms with E-state index < -0.39 is 5.54 Å². The lowest BCUT2D eigenvalue weighted by Crippen LogP contribution is -2.66. The summed E-state index contributed by atoms with van der Waals surface area (Å²) in [5.41, 5.74) is -0.482. The first-order valence-corrected chi connectivity index (χ1v) is 7.30. The summed E-state index contributed by atoms with van der Waals surface area (Å²) in [6.45, 7) is 7.90. The molecule has 3 atom stereocenters. The highest BCUT2D eigenvalue weighted by Gasteiger charge is 2.46. The molecule has 4 nitrogen and oxygen atoms in total. The van der Waals surface area contributed by atoms with Gasteiger partial charge in [-0.25, -0.2) is 0 Å². The Morgan fingerprint density at radius 2 is 2.00 bits per heavy atom. The van der Waals surface area contributed by atoms with Crippen LogP contribution in [0.2, 0.25) is 0 Å². The number of likely N-dealkylation sites (N-methyl/N-ethyl adjacent to an activating group) is 1. The van der Waals surface area contributed by atoms with Crippen LogP contribution in [-0.4, -0.2) is 47.4 Å². The predicted octanol–water partition coefficient (Wildman–Crippen LogP) is 1.87. The van der Waals surface area contributed by atoms with Crippen LogP contribution in [0.3, 0.4) is 0 Å². The van der Waals surface area contributed by atoms with Crippen LogP contribution >= 0.6 is 0 Å². The summed E-state index contributed by atoms with van der Waals surface area (Å²) >= 11 is 0. The minimum atomic E-state index is -0.482. The minimum Gasteiger partial charge on any atom is -0.343 e. The number of hydrogen-bond donors (Lipinski definition) is 0. The van der Waals surface area contributed by atoms with E-state index in [9.17, 15) is 10.1 Å². The van der Waals surface area contributed by atoms with Crippen molar-refractivity contribution < 1.29 is 4.79 Å². The average molecular weight is 263 g/mol. The number of carbonyl (C=O) groups excluding carboxylic acids is 1. The van der Waals surface area contributed by atoms with Crippen LogP contribution in [0.5, 0.6) is 0 Å². The lowest BCUT2D eigenvalue weighted by molar-refractivity contribution is -0.151. The van der Waals surface area contributed by atoms with Gasteiger partial charge < -0.3 is 4.90 Å². The molecule has 0 radical (unpaired) electrons. The van der Waals surface area contributed by atoms with E-state index in [-0.39, 0.29) is 17.9 Å². The summed E-state index contributed by atoms with van der Waals surface area (Å²) in [6.07, 6.45) is 3.15. The Morgan fingerprint density at radius 1 is 1.32 bits per heavy atom. The van der Waals surface area contributed by atoms with Gasteiger partial charge in [-0.2, -0.15) is 5.26 Å². The van der Waals surface area contributed by atoms with Gasteiger partial charge in [-0.1, -0.05) is 6.92 Å². The largest absolute Gasteiger partial charge is 0.343 e. The highest BCUT2D eigenvalue weighted by atomic mass is 16.2. The van der Waals surface area contributed by atoms with Crippen molar-refractivity contribution in [1.29, 1.82) is 5.26 Å². The standard InChI is InChI=1S/C15H25N3O/c1-11-5-6-12(10-16)13(9-11)18-8-7-17(4)14(19)15(18,2)3/h11-13H,5-9H2,1-4H3. The zero-order valence-corrected chi connectivity index (χ0v) is 12.5. The van der Waals surface area contributed by atoms with Crippen LogP contribution in [0.15, 0.2) is 0 Å². The summed E-state index contributed by atoms with van der Waals surface area (Å²) in [5, 5.41) is 9.39. The Balaban J connectivity index is 2.24. The van der Waals surface area contributed by atoms with Crippen molar-refractivity contribution in [1.82, 2.24) is 9.80 Å². The molecule has 106 valence electrons. The smallest absolute Gasteiger partial charge is 0.242 e. The third-order valence-corrected chi connectivity index (χ3v) is 4.91. The van der Waals surface area contributed by atoms with Crippen molar-refractivity contribution in [2.75, 3.05) is 20.1 Å². The van der Waals surface area contributed by atoms with Gasteiger partial charge in [0, 0.05) is 26.2 Å². The van der Waals surface area contributed by atoms with Crippen LogP contribution in [0.4, 0.5) is 0 Å². The molecule has 0 N–H and O–H groups in total. The molecular weight excluding hydrogens is 238 g/mol. The molecule has 3 unspecified atom stereocenters. The normalized spacial score (nSPS) is 36.1. The van der Waals surface area contributed by atoms with Crippen LogP contribution < -0.4 is 0 Å². The van der Waals surface area contributed by atoms with Crippen LogP contribution in [0.1, 0.15) is 40.0 Å². The Hall–Kier alpha value is -1.08. The Labute approximate surface area is 116 Å². The number of nitrogens with zero attached hydrogens (tertiary/aromatic N) is 3. The number of hydrogen-bond acceptors (Lipinski definition) is 3. The molecule has 2 aliphatic rings. The molecule has 0 bridgehead atoms. The number of piperazine rings is 1. The minimum absolute atomic E-state index is 0.0756. The van der Waals surface area contributed by atoms with E-state index in [2.05, 4.69) is 17.9 Å². The summed E-state index contributed by atoms with van der Waals surface area (Å²) in [4.78, 5) is 16.5. The summed E-state index contributed by atoms with van der Waals surface area (Å²) < 4.78 is 0. The fraction of sp³-hybridized carbons (Fsp3) is 0.867. The maximum atomic E-state index is 12.4. The molecule has 1 saturated carbocycles. The van der Waals surface area contributed by atoms with Gasteiger partial charge in [-0.15, -0.1) is 0 Å². The lowest BCUT2D eigenvalue weighted by Gasteiger charge is -2.51. The molecule has 0 aromatic heterocycles. The summed E-state index contributed by atoms with van der Waals surface area (Å²) in [5.74, 6) is 0.903. The first kappa shape index (κ1) is 14.3. The van der Waals surface area contributed by atoms with E-state index in [1.807, 2.05) is 25.8 Å². The maximum absolute atomic E-state index is 12.4. The molecule has 4 heteroatoms. The third-order valence-electron chi connectivity index (χ3n) is 4.91. The van der Waals surface area contributed by atoms with E-state index in [1.54, 1.807) is 0 Å². The molecular formula is C15H25N3O. The van der Waals surface area contributed by atoms with E-state index in [0.29, 0.717) is 5.92 Å². The summed E-state index contributed by atoms with van der Waals surface area (Å²) in [7, 11) is 1.87. The Kier molecular flexibility index (Phi) is 3.87.